The van der Waals surface area contributed by atoms with Crippen molar-refractivity contribution in [3.63, 3.8) is 0 Å². The molecule has 2 fully saturated rings. The molecule has 30 heavy (non-hydrogen) atoms. The van der Waals surface area contributed by atoms with Gasteiger partial charge >= 0.3 is 0 Å². The summed E-state index contributed by atoms with van der Waals surface area (Å²) in [5, 5.41) is 9.59. The zero-order valence-corrected chi connectivity index (χ0v) is 19.8. The van der Waals surface area contributed by atoms with Gasteiger partial charge in [-0.2, -0.15) is 5.26 Å². The van der Waals surface area contributed by atoms with E-state index in [0.29, 0.717) is 20.7 Å². The molecule has 0 N–H and O–H groups in total. The number of carbonyl (C=O) groups excluding carboxylic acids is 1. The molecule has 2 saturated heterocycles. The maximum Gasteiger partial charge on any atom is 0.270 e. The van der Waals surface area contributed by atoms with E-state index in [1.165, 1.54) is 11.8 Å². The third-order valence-corrected chi connectivity index (χ3v) is 7.51. The summed E-state index contributed by atoms with van der Waals surface area (Å²) in [7, 11) is 1.71. The molecule has 0 unspecified atom stereocenters. The van der Waals surface area contributed by atoms with Crippen LogP contribution in [-0.2, 0) is 11.8 Å². The zero-order valence-electron chi connectivity index (χ0n) is 18.2. The Balaban J connectivity index is 2.16. The van der Waals surface area contributed by atoms with Gasteiger partial charge in [0.15, 0.2) is 0 Å². The first-order chi connectivity index (χ1) is 14.2. The van der Waals surface area contributed by atoms with Gasteiger partial charge in [-0.3, -0.25) is 19.1 Å². The van der Waals surface area contributed by atoms with Gasteiger partial charge in [-0.1, -0.05) is 37.8 Å². The lowest BCUT2D eigenvalue weighted by Gasteiger charge is -2.34. The largest absolute Gasteiger partial charge is 0.357 e. The predicted molar refractivity (Wildman–Crippen MR) is 127 cm³/mol. The molecular formula is C22H28N4O2S2. The van der Waals surface area contributed by atoms with Gasteiger partial charge in [-0.15, -0.1) is 0 Å². The van der Waals surface area contributed by atoms with E-state index in [2.05, 4.69) is 17.9 Å². The van der Waals surface area contributed by atoms with E-state index in [4.69, 9.17) is 12.2 Å². The summed E-state index contributed by atoms with van der Waals surface area (Å²) in [6.07, 6.45) is 4.73. The molecule has 1 aromatic rings. The van der Waals surface area contributed by atoms with Crippen molar-refractivity contribution in [1.29, 1.82) is 5.26 Å². The molecule has 6 nitrogen and oxygen atoms in total. The molecule has 160 valence electrons. The topological polar surface area (TPSA) is 69.3 Å². The lowest BCUT2D eigenvalue weighted by atomic mass is 9.97. The molecular weight excluding hydrogens is 416 g/mol. The highest BCUT2D eigenvalue weighted by Crippen LogP contribution is 2.37. The molecule has 1 atom stereocenters. The Morgan fingerprint density at radius 2 is 1.97 bits per heavy atom. The number of amides is 1. The van der Waals surface area contributed by atoms with Crippen molar-refractivity contribution < 1.29 is 4.79 Å². The maximum absolute atomic E-state index is 13.1. The van der Waals surface area contributed by atoms with Crippen molar-refractivity contribution in [3.05, 3.63) is 31.9 Å². The van der Waals surface area contributed by atoms with Gasteiger partial charge in [0, 0.05) is 31.7 Å². The lowest BCUT2D eigenvalue weighted by molar-refractivity contribution is -0.123. The minimum absolute atomic E-state index is 0.0300. The number of anilines is 1. The Labute approximate surface area is 187 Å². The number of carbonyl (C=O) groups is 1. The predicted octanol–water partition coefficient (Wildman–Crippen LogP) is 3.80. The molecule has 0 saturated carbocycles. The van der Waals surface area contributed by atoms with Crippen molar-refractivity contribution in [1.82, 2.24) is 9.47 Å². The number of rotatable bonds is 4. The summed E-state index contributed by atoms with van der Waals surface area (Å²) in [5.74, 6) is 1.31. The van der Waals surface area contributed by atoms with E-state index in [0.717, 1.165) is 43.7 Å². The van der Waals surface area contributed by atoms with Crippen LogP contribution in [0.5, 0.6) is 0 Å². The van der Waals surface area contributed by atoms with E-state index in [1.807, 2.05) is 19.9 Å². The zero-order chi connectivity index (χ0) is 22.2. The monoisotopic (exact) mass is 444 g/mol. The highest BCUT2D eigenvalue weighted by molar-refractivity contribution is 8.26. The second-order valence-electron chi connectivity index (χ2n) is 8.19. The normalized spacial score (nSPS) is 20.2. The van der Waals surface area contributed by atoms with E-state index < -0.39 is 0 Å². The van der Waals surface area contributed by atoms with Crippen LogP contribution in [-0.4, -0.2) is 38.8 Å². The van der Waals surface area contributed by atoms with Crippen molar-refractivity contribution in [2.45, 2.75) is 53.0 Å². The van der Waals surface area contributed by atoms with Gasteiger partial charge in [-0.25, -0.2) is 0 Å². The SMILES string of the molecule is CC[C@H](C)N1C(=O)/C(=C/c2c(C)c(C#N)c(=O)n(C)c2N2CCC(C)CC2)SC1=S. The summed E-state index contributed by atoms with van der Waals surface area (Å²) < 4.78 is 2.11. The van der Waals surface area contributed by atoms with Crippen LogP contribution in [0.25, 0.3) is 6.08 Å². The molecule has 0 radical (unpaired) electrons. The summed E-state index contributed by atoms with van der Waals surface area (Å²) in [6, 6.07) is 2.08. The molecule has 8 heteroatoms. The van der Waals surface area contributed by atoms with E-state index >= 15 is 0 Å². The number of hydrogen-bond acceptors (Lipinski definition) is 6. The third-order valence-electron chi connectivity index (χ3n) is 6.18. The highest BCUT2D eigenvalue weighted by atomic mass is 32.2. The number of piperidine rings is 1. The minimum atomic E-state index is -0.298. The van der Waals surface area contributed by atoms with Crippen LogP contribution < -0.4 is 10.5 Å². The molecule has 0 aliphatic carbocycles. The van der Waals surface area contributed by atoms with Crippen LogP contribution in [0.4, 0.5) is 5.82 Å². The molecule has 1 aromatic heterocycles. The molecule has 1 amide bonds. The number of thioether (sulfide) groups is 1. The van der Waals surface area contributed by atoms with Crippen LogP contribution >= 0.6 is 24.0 Å². The number of nitriles is 1. The van der Waals surface area contributed by atoms with Crippen molar-refractivity contribution in [2.75, 3.05) is 18.0 Å². The molecule has 3 heterocycles. The summed E-state index contributed by atoms with van der Waals surface area (Å²) in [5.41, 5.74) is 1.19. The van der Waals surface area contributed by atoms with Gasteiger partial charge in [-0.05, 0) is 50.7 Å². The fourth-order valence-electron chi connectivity index (χ4n) is 3.99. The molecule has 0 bridgehead atoms. The summed E-state index contributed by atoms with van der Waals surface area (Å²) >= 11 is 6.75. The Hall–Kier alpha value is -2.11. The number of thiocarbonyl (C=S) groups is 1. The average Bonchev–Trinajstić information content (AvgIpc) is 3.00. The van der Waals surface area contributed by atoms with E-state index in [9.17, 15) is 14.9 Å². The lowest BCUT2D eigenvalue weighted by Crippen LogP contribution is -2.38. The maximum atomic E-state index is 13.1. The fraction of sp³-hybridized carbons (Fsp3) is 0.545. The quantitative estimate of drug-likeness (QED) is 0.520. The smallest absolute Gasteiger partial charge is 0.270 e. The van der Waals surface area contributed by atoms with Crippen LogP contribution in [0.2, 0.25) is 0 Å². The molecule has 2 aliphatic heterocycles. The molecule has 0 spiro atoms. The standard InChI is InChI=1S/C22H28N4O2S2/c1-6-14(3)26-21(28)18(30-22(26)29)11-16-15(4)17(12-23)20(27)24(5)19(16)25-9-7-13(2)8-10-25/h11,13-14H,6-10H2,1-5H3/b18-11-/t14-/m0/s1. The first-order valence-electron chi connectivity index (χ1n) is 10.4. The van der Waals surface area contributed by atoms with E-state index in [-0.39, 0.29) is 23.1 Å². The average molecular weight is 445 g/mol. The second kappa shape index (κ2) is 8.94. The second-order valence-corrected chi connectivity index (χ2v) is 9.87. The van der Waals surface area contributed by atoms with Gasteiger partial charge in [0.1, 0.15) is 21.8 Å². The Morgan fingerprint density at radius 1 is 1.33 bits per heavy atom. The minimum Gasteiger partial charge on any atom is -0.357 e. The Kier molecular flexibility index (Phi) is 6.73. The highest BCUT2D eigenvalue weighted by Gasteiger charge is 2.35. The van der Waals surface area contributed by atoms with Crippen molar-refractivity contribution in [3.8, 4) is 6.07 Å². The first-order valence-corrected chi connectivity index (χ1v) is 11.6. The van der Waals surface area contributed by atoms with Gasteiger partial charge < -0.3 is 4.90 Å². The number of nitrogens with zero attached hydrogens (tertiary/aromatic N) is 4. The molecule has 3 rings (SSSR count). The molecule has 0 aromatic carbocycles. The number of pyridine rings is 1. The Morgan fingerprint density at radius 3 is 2.53 bits per heavy atom. The Bertz CT molecular complexity index is 1010. The molecule has 2 aliphatic rings. The van der Waals surface area contributed by atoms with Gasteiger partial charge in [0.2, 0.25) is 0 Å². The fourth-order valence-corrected chi connectivity index (χ4v) is 5.43. The third kappa shape index (κ3) is 3.93. The van der Waals surface area contributed by atoms with Crippen molar-refractivity contribution in [2.24, 2.45) is 13.0 Å². The van der Waals surface area contributed by atoms with Crippen LogP contribution in [0, 0.1) is 24.2 Å². The number of aromatic nitrogens is 1. The van der Waals surface area contributed by atoms with Gasteiger partial charge in [0.25, 0.3) is 11.5 Å². The van der Waals surface area contributed by atoms with Gasteiger partial charge in [0.05, 0.1) is 4.91 Å². The van der Waals surface area contributed by atoms with Crippen LogP contribution in [0.3, 0.4) is 0 Å². The van der Waals surface area contributed by atoms with Crippen molar-refractivity contribution >= 4 is 46.1 Å². The number of hydrogen-bond donors (Lipinski definition) is 0. The summed E-state index contributed by atoms with van der Waals surface area (Å²) in [6.45, 7) is 9.72. The van der Waals surface area contributed by atoms with E-state index in [1.54, 1.807) is 23.4 Å². The van der Waals surface area contributed by atoms with Crippen LogP contribution in [0.1, 0.15) is 56.7 Å². The first kappa shape index (κ1) is 22.6. The summed E-state index contributed by atoms with van der Waals surface area (Å²) in [4.78, 5) is 30.3. The van der Waals surface area contributed by atoms with Crippen LogP contribution in [0.15, 0.2) is 9.70 Å².